The average Bonchev–Trinajstić information content (AvgIpc) is 3.45. The lowest BCUT2D eigenvalue weighted by molar-refractivity contribution is -0.144. The van der Waals surface area contributed by atoms with E-state index in [1.165, 1.54) is 43.5 Å². The van der Waals surface area contributed by atoms with Crippen molar-refractivity contribution in [2.75, 3.05) is 12.1 Å². The fourth-order valence-corrected chi connectivity index (χ4v) is 4.75. The number of ether oxygens (including phenoxy) is 2. The van der Waals surface area contributed by atoms with E-state index in [-0.39, 0.29) is 23.3 Å². The third-order valence-electron chi connectivity index (χ3n) is 5.64. The second-order valence-electron chi connectivity index (χ2n) is 8.13. The highest BCUT2D eigenvalue weighted by Gasteiger charge is 2.51. The third-order valence-corrected chi connectivity index (χ3v) is 6.66. The lowest BCUT2D eigenvalue weighted by Gasteiger charge is -2.17. The maximum atomic E-state index is 13.9. The Morgan fingerprint density at radius 2 is 1.84 bits per heavy atom. The number of carbonyl (C=O) groups is 1. The first-order chi connectivity index (χ1) is 17.7. The summed E-state index contributed by atoms with van der Waals surface area (Å²) in [4.78, 5) is 17.5. The van der Waals surface area contributed by atoms with Crippen molar-refractivity contribution in [1.82, 2.24) is 10.4 Å². The number of thiazole rings is 1. The molecule has 1 aliphatic rings. The minimum absolute atomic E-state index is 0.0771. The molecular weight excluding hydrogens is 510 g/mol. The van der Waals surface area contributed by atoms with E-state index in [9.17, 15) is 22.4 Å². The molecule has 1 N–H and O–H groups in total. The van der Waals surface area contributed by atoms with Gasteiger partial charge in [-0.3, -0.25) is 4.79 Å². The van der Waals surface area contributed by atoms with Crippen molar-refractivity contribution < 1.29 is 31.8 Å². The van der Waals surface area contributed by atoms with Crippen LogP contribution in [0.5, 0.6) is 11.5 Å². The first kappa shape index (κ1) is 24.7. The van der Waals surface area contributed by atoms with Gasteiger partial charge in [0.2, 0.25) is 5.13 Å². The quantitative estimate of drug-likeness (QED) is 0.249. The molecule has 0 bridgehead atoms. The Hall–Kier alpha value is -3.96. The number of carbonyl (C=O) groups excluding carboxylic acids is 1. The SMILES string of the molecule is COc1ccc(/C=C2\C(=O)N(c3nc4ccccc4s3)NC2C(F)(F)F)cc1OCc1ccc(F)cc1. The molecule has 1 amide bonds. The maximum absolute atomic E-state index is 13.9. The number of benzene rings is 3. The molecule has 5 rings (SSSR count). The minimum Gasteiger partial charge on any atom is -0.493 e. The van der Waals surface area contributed by atoms with Gasteiger partial charge in [-0.1, -0.05) is 41.7 Å². The van der Waals surface area contributed by atoms with Crippen molar-refractivity contribution >= 4 is 38.7 Å². The standard InChI is InChI=1S/C26H19F4N3O3S/c1-35-20-11-8-16(13-21(20)36-14-15-6-9-17(27)10-7-15)12-18-23(26(28,29)30)32-33(24(18)34)25-31-19-4-2-3-5-22(19)37-25/h2-13,23,32H,14H2,1H3/b18-12-. The van der Waals surface area contributed by atoms with Crippen molar-refractivity contribution in [1.29, 1.82) is 0 Å². The van der Waals surface area contributed by atoms with E-state index in [1.807, 2.05) is 0 Å². The van der Waals surface area contributed by atoms with Gasteiger partial charge >= 0.3 is 6.18 Å². The van der Waals surface area contributed by atoms with Crippen LogP contribution < -0.4 is 19.9 Å². The second kappa shape index (κ2) is 9.83. The van der Waals surface area contributed by atoms with Gasteiger partial charge in [-0.25, -0.2) is 19.8 Å². The predicted octanol–water partition coefficient (Wildman–Crippen LogP) is 5.89. The minimum atomic E-state index is -4.73. The molecule has 1 aliphatic heterocycles. The molecule has 190 valence electrons. The van der Waals surface area contributed by atoms with Gasteiger partial charge in [0.05, 0.1) is 17.3 Å². The van der Waals surface area contributed by atoms with Crippen LogP contribution in [0.3, 0.4) is 0 Å². The number of aromatic nitrogens is 1. The zero-order valence-electron chi connectivity index (χ0n) is 19.3. The van der Waals surface area contributed by atoms with Crippen molar-refractivity contribution in [2.45, 2.75) is 18.8 Å². The van der Waals surface area contributed by atoms with Gasteiger partial charge in [-0.15, -0.1) is 0 Å². The molecular formula is C26H19F4N3O3S. The Kier molecular flexibility index (Phi) is 6.57. The zero-order valence-corrected chi connectivity index (χ0v) is 20.1. The second-order valence-corrected chi connectivity index (χ2v) is 9.14. The molecule has 1 atom stereocenters. The Balaban J connectivity index is 1.46. The summed E-state index contributed by atoms with van der Waals surface area (Å²) in [7, 11) is 1.43. The van der Waals surface area contributed by atoms with Gasteiger partial charge < -0.3 is 9.47 Å². The van der Waals surface area contributed by atoms with E-state index in [2.05, 4.69) is 10.4 Å². The summed E-state index contributed by atoms with van der Waals surface area (Å²) < 4.78 is 66.8. The molecule has 0 spiro atoms. The molecule has 3 aromatic carbocycles. The van der Waals surface area contributed by atoms with Crippen LogP contribution in [-0.2, 0) is 11.4 Å². The zero-order chi connectivity index (χ0) is 26.2. The fourth-order valence-electron chi connectivity index (χ4n) is 3.82. The summed E-state index contributed by atoms with van der Waals surface area (Å²) in [6, 6.07) is 15.1. The van der Waals surface area contributed by atoms with Crippen LogP contribution in [0.4, 0.5) is 22.7 Å². The van der Waals surface area contributed by atoms with Crippen molar-refractivity contribution in [3.05, 3.63) is 89.2 Å². The molecule has 0 aliphatic carbocycles. The number of rotatable bonds is 6. The van der Waals surface area contributed by atoms with Gasteiger partial charge in [-0.05, 0) is 53.6 Å². The molecule has 1 saturated heterocycles. The molecule has 2 heterocycles. The number of hydrazine groups is 1. The number of amides is 1. The Bertz CT molecular complexity index is 1450. The molecule has 1 aromatic heterocycles. The van der Waals surface area contributed by atoms with Crippen LogP contribution in [0.2, 0.25) is 0 Å². The summed E-state index contributed by atoms with van der Waals surface area (Å²) >= 11 is 1.11. The molecule has 6 nitrogen and oxygen atoms in total. The summed E-state index contributed by atoms with van der Waals surface area (Å²) in [5.41, 5.74) is 3.36. The predicted molar refractivity (Wildman–Crippen MR) is 132 cm³/mol. The van der Waals surface area contributed by atoms with Crippen molar-refractivity contribution in [3.63, 3.8) is 0 Å². The van der Waals surface area contributed by atoms with E-state index in [0.717, 1.165) is 21.0 Å². The normalized spacial score (nSPS) is 17.1. The summed E-state index contributed by atoms with van der Waals surface area (Å²) in [6.45, 7) is 0.0771. The van der Waals surface area contributed by atoms with Crippen LogP contribution in [0, 0.1) is 5.82 Å². The summed E-state index contributed by atoms with van der Waals surface area (Å²) in [5.74, 6) is -0.635. The monoisotopic (exact) mass is 529 g/mol. The van der Waals surface area contributed by atoms with E-state index < -0.39 is 23.7 Å². The van der Waals surface area contributed by atoms with E-state index >= 15 is 0 Å². The number of nitrogens with zero attached hydrogens (tertiary/aromatic N) is 2. The van der Waals surface area contributed by atoms with Crippen molar-refractivity contribution in [3.8, 4) is 11.5 Å². The van der Waals surface area contributed by atoms with Crippen LogP contribution in [0.1, 0.15) is 11.1 Å². The smallest absolute Gasteiger partial charge is 0.409 e. The van der Waals surface area contributed by atoms with Gasteiger partial charge in [0.15, 0.2) is 17.5 Å². The van der Waals surface area contributed by atoms with Gasteiger partial charge in [0.1, 0.15) is 12.4 Å². The largest absolute Gasteiger partial charge is 0.493 e. The Morgan fingerprint density at radius 1 is 1.08 bits per heavy atom. The number of alkyl halides is 3. The van der Waals surface area contributed by atoms with Crippen LogP contribution >= 0.6 is 11.3 Å². The summed E-state index contributed by atoms with van der Waals surface area (Å²) in [6.07, 6.45) is -3.56. The number of hydrogen-bond donors (Lipinski definition) is 1. The topological polar surface area (TPSA) is 63.7 Å². The van der Waals surface area contributed by atoms with Gasteiger partial charge in [0.25, 0.3) is 5.91 Å². The van der Waals surface area contributed by atoms with Crippen molar-refractivity contribution in [2.24, 2.45) is 0 Å². The maximum Gasteiger partial charge on any atom is 0.409 e. The van der Waals surface area contributed by atoms with Crippen LogP contribution in [0.15, 0.2) is 72.3 Å². The molecule has 1 unspecified atom stereocenters. The lowest BCUT2D eigenvalue weighted by Crippen LogP contribution is -2.44. The van der Waals surface area contributed by atoms with E-state index in [0.29, 0.717) is 22.4 Å². The number of methoxy groups -OCH3 is 1. The summed E-state index contributed by atoms with van der Waals surface area (Å²) in [5, 5.41) is 0.950. The first-order valence-electron chi connectivity index (χ1n) is 11.0. The highest BCUT2D eigenvalue weighted by atomic mass is 32.1. The van der Waals surface area contributed by atoms with E-state index in [4.69, 9.17) is 9.47 Å². The molecule has 1 fully saturated rings. The van der Waals surface area contributed by atoms with Gasteiger partial charge in [-0.2, -0.15) is 13.2 Å². The third kappa shape index (κ3) is 5.13. The molecule has 0 radical (unpaired) electrons. The number of hydrogen-bond acceptors (Lipinski definition) is 6. The number of nitrogens with one attached hydrogen (secondary N) is 1. The number of halogens is 4. The lowest BCUT2D eigenvalue weighted by atomic mass is 10.0. The van der Waals surface area contributed by atoms with Crippen LogP contribution in [-0.4, -0.2) is 30.2 Å². The Morgan fingerprint density at radius 3 is 2.54 bits per heavy atom. The van der Waals surface area contributed by atoms with E-state index in [1.54, 1.807) is 36.4 Å². The number of anilines is 1. The highest BCUT2D eigenvalue weighted by molar-refractivity contribution is 7.22. The number of para-hydroxylation sites is 1. The molecule has 4 aromatic rings. The fraction of sp³-hybridized carbons (Fsp3) is 0.154. The van der Waals surface area contributed by atoms with Gasteiger partial charge in [0, 0.05) is 5.57 Å². The Labute approximate surface area is 212 Å². The molecule has 0 saturated carbocycles. The molecule has 11 heteroatoms. The average molecular weight is 530 g/mol. The first-order valence-corrected chi connectivity index (χ1v) is 11.8. The van der Waals surface area contributed by atoms with Crippen LogP contribution in [0.25, 0.3) is 16.3 Å². The highest BCUT2D eigenvalue weighted by Crippen LogP contribution is 2.37. The molecule has 37 heavy (non-hydrogen) atoms. The number of fused-ring (bicyclic) bond motifs is 1.